The molecule has 3 aromatic rings. The molecule has 1 heterocycles. The van der Waals surface area contributed by atoms with Gasteiger partial charge in [0, 0.05) is 22.0 Å². The summed E-state index contributed by atoms with van der Waals surface area (Å²) in [5.41, 5.74) is 2.13. The number of hydrogen-bond acceptors (Lipinski definition) is 3. The minimum atomic E-state index is -0.223. The quantitative estimate of drug-likeness (QED) is 0.751. The molecule has 2 aromatic carbocycles. The maximum absolute atomic E-state index is 12.3. The Kier molecular flexibility index (Phi) is 4.11. The minimum Gasteiger partial charge on any atom is -0.496 e. The predicted octanol–water partition coefficient (Wildman–Crippen LogP) is 3.26. The van der Waals surface area contributed by atoms with Crippen molar-refractivity contribution in [1.29, 1.82) is 0 Å². The maximum Gasteiger partial charge on any atom is 0.272 e. The van der Waals surface area contributed by atoms with E-state index >= 15 is 0 Å². The molecule has 6 heteroatoms. The molecule has 5 nitrogen and oxygen atoms in total. The number of benzene rings is 2. The van der Waals surface area contributed by atoms with Crippen LogP contribution in [0.2, 0.25) is 0 Å². The summed E-state index contributed by atoms with van der Waals surface area (Å²) in [6, 6.07) is 13.2. The van der Waals surface area contributed by atoms with Gasteiger partial charge < -0.3 is 10.1 Å². The number of ether oxygens (including phenoxy) is 1. The normalized spacial score (nSPS) is 10.6. The van der Waals surface area contributed by atoms with Gasteiger partial charge in [-0.1, -0.05) is 34.1 Å². The van der Waals surface area contributed by atoms with Gasteiger partial charge in [0.05, 0.1) is 12.6 Å². The number of carbonyl (C=O) groups is 1. The molecule has 0 aliphatic rings. The van der Waals surface area contributed by atoms with Gasteiger partial charge in [0.25, 0.3) is 5.91 Å². The van der Waals surface area contributed by atoms with Crippen molar-refractivity contribution in [2.75, 3.05) is 7.11 Å². The third-order valence-electron chi connectivity index (χ3n) is 3.37. The highest BCUT2D eigenvalue weighted by Crippen LogP contribution is 2.23. The highest BCUT2D eigenvalue weighted by atomic mass is 79.9. The van der Waals surface area contributed by atoms with Crippen LogP contribution >= 0.6 is 15.9 Å². The van der Waals surface area contributed by atoms with Gasteiger partial charge in [-0.2, -0.15) is 5.10 Å². The van der Waals surface area contributed by atoms with E-state index in [9.17, 15) is 4.79 Å². The fourth-order valence-corrected chi connectivity index (χ4v) is 2.69. The first-order valence-electron chi connectivity index (χ1n) is 6.73. The van der Waals surface area contributed by atoms with Gasteiger partial charge in [-0.15, -0.1) is 0 Å². The van der Waals surface area contributed by atoms with Crippen molar-refractivity contribution >= 4 is 32.7 Å². The van der Waals surface area contributed by atoms with E-state index in [1.165, 1.54) is 0 Å². The van der Waals surface area contributed by atoms with Crippen LogP contribution in [0.4, 0.5) is 0 Å². The van der Waals surface area contributed by atoms with Crippen molar-refractivity contribution in [3.63, 3.8) is 0 Å². The molecule has 3 rings (SSSR count). The maximum atomic E-state index is 12.3. The lowest BCUT2D eigenvalue weighted by molar-refractivity contribution is 0.0947. The molecule has 0 aliphatic heterocycles. The number of fused-ring (bicyclic) bond motifs is 1. The Morgan fingerprint density at radius 1 is 1.32 bits per heavy atom. The van der Waals surface area contributed by atoms with Gasteiger partial charge >= 0.3 is 0 Å². The van der Waals surface area contributed by atoms with E-state index < -0.39 is 0 Å². The highest BCUT2D eigenvalue weighted by molar-refractivity contribution is 9.10. The number of carbonyl (C=O) groups excluding carboxylic acids is 1. The summed E-state index contributed by atoms with van der Waals surface area (Å²) in [6.45, 7) is 0.364. The van der Waals surface area contributed by atoms with Crippen molar-refractivity contribution in [2.24, 2.45) is 0 Å². The van der Waals surface area contributed by atoms with E-state index in [1.54, 1.807) is 7.11 Å². The third kappa shape index (κ3) is 2.82. The van der Waals surface area contributed by atoms with Crippen LogP contribution < -0.4 is 10.1 Å². The Labute approximate surface area is 135 Å². The van der Waals surface area contributed by atoms with Crippen LogP contribution in [0.1, 0.15) is 16.1 Å². The van der Waals surface area contributed by atoms with Crippen LogP contribution in [-0.4, -0.2) is 23.2 Å². The molecule has 22 heavy (non-hydrogen) atoms. The number of hydrogen-bond donors (Lipinski definition) is 2. The summed E-state index contributed by atoms with van der Waals surface area (Å²) in [5.74, 6) is 0.509. The van der Waals surface area contributed by atoms with Crippen molar-refractivity contribution < 1.29 is 9.53 Å². The van der Waals surface area contributed by atoms with Crippen molar-refractivity contribution in [3.8, 4) is 5.75 Å². The standard InChI is InChI=1S/C16H14BrN3O2/c1-22-14-7-6-11(17)8-10(14)9-18-16(21)15-12-4-2-3-5-13(12)19-20-15/h2-8H,9H2,1H3,(H,18,21)(H,19,20). The molecule has 0 spiro atoms. The molecule has 2 N–H and O–H groups in total. The Morgan fingerprint density at radius 3 is 2.95 bits per heavy atom. The van der Waals surface area contributed by atoms with Crippen LogP contribution in [0, 0.1) is 0 Å². The van der Waals surface area contributed by atoms with Crippen LogP contribution in [-0.2, 0) is 6.54 Å². The smallest absolute Gasteiger partial charge is 0.272 e. The average molecular weight is 360 g/mol. The highest BCUT2D eigenvalue weighted by Gasteiger charge is 2.14. The summed E-state index contributed by atoms with van der Waals surface area (Å²) in [6.07, 6.45) is 0. The molecule has 0 aliphatic carbocycles. The summed E-state index contributed by atoms with van der Waals surface area (Å²) in [5, 5.41) is 10.6. The summed E-state index contributed by atoms with van der Waals surface area (Å²) < 4.78 is 6.23. The van der Waals surface area contributed by atoms with Crippen LogP contribution in [0.3, 0.4) is 0 Å². The van der Waals surface area contributed by atoms with E-state index in [-0.39, 0.29) is 5.91 Å². The number of H-pyrrole nitrogens is 1. The molecule has 1 aromatic heterocycles. The molecule has 112 valence electrons. The summed E-state index contributed by atoms with van der Waals surface area (Å²) >= 11 is 3.42. The Balaban J connectivity index is 1.79. The lowest BCUT2D eigenvalue weighted by atomic mass is 10.2. The molecular formula is C16H14BrN3O2. The number of para-hydroxylation sites is 1. The number of aromatic nitrogens is 2. The molecule has 0 radical (unpaired) electrons. The number of nitrogens with one attached hydrogen (secondary N) is 2. The van der Waals surface area contributed by atoms with Gasteiger partial charge in [0.15, 0.2) is 5.69 Å². The van der Waals surface area contributed by atoms with Crippen molar-refractivity contribution in [1.82, 2.24) is 15.5 Å². The average Bonchev–Trinajstić information content (AvgIpc) is 2.97. The molecular weight excluding hydrogens is 346 g/mol. The zero-order chi connectivity index (χ0) is 15.5. The Hall–Kier alpha value is -2.34. The summed E-state index contributed by atoms with van der Waals surface area (Å²) in [7, 11) is 1.61. The van der Waals surface area contributed by atoms with Crippen LogP contribution in [0.25, 0.3) is 10.9 Å². The predicted molar refractivity (Wildman–Crippen MR) is 88.0 cm³/mol. The third-order valence-corrected chi connectivity index (χ3v) is 3.86. The van der Waals surface area contributed by atoms with Crippen LogP contribution in [0.5, 0.6) is 5.75 Å². The number of aromatic amines is 1. The largest absolute Gasteiger partial charge is 0.496 e. The Bertz CT molecular complexity index is 829. The topological polar surface area (TPSA) is 67.0 Å². The Morgan fingerprint density at radius 2 is 2.14 bits per heavy atom. The number of methoxy groups -OCH3 is 1. The first kappa shape index (κ1) is 14.6. The van der Waals surface area contributed by atoms with Crippen molar-refractivity contribution in [3.05, 3.63) is 58.2 Å². The SMILES string of the molecule is COc1ccc(Br)cc1CNC(=O)c1n[nH]c2ccccc12. The van der Waals surface area contributed by atoms with E-state index in [4.69, 9.17) is 4.74 Å². The molecule has 0 saturated heterocycles. The van der Waals surface area contributed by atoms with Gasteiger partial charge in [-0.25, -0.2) is 0 Å². The lowest BCUT2D eigenvalue weighted by Gasteiger charge is -2.09. The van der Waals surface area contributed by atoms with Crippen molar-refractivity contribution in [2.45, 2.75) is 6.54 Å². The minimum absolute atomic E-state index is 0.223. The van der Waals surface area contributed by atoms with Gasteiger partial charge in [0.2, 0.25) is 0 Å². The van der Waals surface area contributed by atoms with E-state index in [1.807, 2.05) is 42.5 Å². The lowest BCUT2D eigenvalue weighted by Crippen LogP contribution is -2.23. The van der Waals surface area contributed by atoms with Crippen LogP contribution in [0.15, 0.2) is 46.9 Å². The molecule has 0 atom stereocenters. The monoisotopic (exact) mass is 359 g/mol. The molecule has 0 saturated carbocycles. The van der Waals surface area contributed by atoms with Gasteiger partial charge in [-0.3, -0.25) is 9.89 Å². The van der Waals surface area contributed by atoms with E-state index in [0.29, 0.717) is 12.2 Å². The van der Waals surface area contributed by atoms with Gasteiger partial charge in [-0.05, 0) is 24.3 Å². The molecule has 1 amide bonds. The zero-order valence-corrected chi connectivity index (χ0v) is 13.5. The molecule has 0 fully saturated rings. The second kappa shape index (κ2) is 6.19. The van der Waals surface area contributed by atoms with E-state index in [0.717, 1.165) is 26.7 Å². The molecule has 0 bridgehead atoms. The van der Waals surface area contributed by atoms with Gasteiger partial charge in [0.1, 0.15) is 5.75 Å². The number of halogens is 1. The fraction of sp³-hybridized carbons (Fsp3) is 0.125. The first-order valence-corrected chi connectivity index (χ1v) is 7.52. The number of amides is 1. The zero-order valence-electron chi connectivity index (χ0n) is 11.9. The number of nitrogens with zero attached hydrogens (tertiary/aromatic N) is 1. The first-order chi connectivity index (χ1) is 10.7. The second-order valence-electron chi connectivity index (χ2n) is 4.76. The fourth-order valence-electron chi connectivity index (χ4n) is 2.28. The summed E-state index contributed by atoms with van der Waals surface area (Å²) in [4.78, 5) is 12.3. The second-order valence-corrected chi connectivity index (χ2v) is 5.67. The number of rotatable bonds is 4. The van der Waals surface area contributed by atoms with E-state index in [2.05, 4.69) is 31.4 Å². The molecule has 0 unspecified atom stereocenters.